The molecule has 2 aromatic carbocycles. The van der Waals surface area contributed by atoms with E-state index in [1.807, 2.05) is 52.1 Å². The summed E-state index contributed by atoms with van der Waals surface area (Å²) in [6.45, 7) is 17.0. The Morgan fingerprint density at radius 3 is 1.25 bits per heavy atom. The molecule has 11 heterocycles. The van der Waals surface area contributed by atoms with Gasteiger partial charge in [0.05, 0.1) is 98.4 Å². The predicted molar refractivity (Wildman–Crippen MR) is 483 cm³/mol. The molecule has 750 valence electrons. The Morgan fingerprint density at radius 2 is 0.859 bits per heavy atom. The van der Waals surface area contributed by atoms with Gasteiger partial charge in [0.1, 0.15) is 34.5 Å². The molecule has 0 fully saturated rings. The number of anilines is 1. The smallest absolute Gasteiger partial charge is 0.573 e. The van der Waals surface area contributed by atoms with Crippen LogP contribution in [0.1, 0.15) is 151 Å². The molecule has 0 bridgehead atoms. The maximum atomic E-state index is 14.5. The summed E-state index contributed by atoms with van der Waals surface area (Å²) in [4.78, 5) is 131. The van der Waals surface area contributed by atoms with Crippen LogP contribution >= 0.6 is 0 Å². The number of nitrogens with zero attached hydrogens (tertiary/aromatic N) is 16. The van der Waals surface area contributed by atoms with Crippen LogP contribution in [0.5, 0.6) is 28.7 Å². The molecule has 41 nitrogen and oxygen atoms in total. The quantitative estimate of drug-likeness (QED) is 0.00800. The SMILES string of the molecule is CO.COc1cnc(C(=O)C[C@@H](c2ccc(OC(F)(F)F)c(F)c2)c2ncccc2F)cc1N.COc1cnc(C(=O)C[C@@H](c2ccc(OC(F)(F)F)c(F)c2)c2ncccc2F)cc1[N+](=O)[O-].Cc1c[n+]([O-])c(C)cc1[N+](=O)[O-].Cc1ccc(C)[n+]([O-])c1.Cc1ccc(C)nc1.Cc1ccc(O)cn1.Cc1cnc(C(=O)O)cc1[N+](=O)[O-].Cc1cnc(C=O)cc1[N+](=O)[O-].Cc1cnc(CO)cc1[N+](=O)[O-]. The van der Waals surface area contributed by atoms with Crippen molar-refractivity contribution in [3.63, 3.8) is 0 Å². The summed E-state index contributed by atoms with van der Waals surface area (Å²) in [6.07, 6.45) is 3.86. The predicted octanol–water partition coefficient (Wildman–Crippen LogP) is 16.7. The number of carbonyl (C=O) groups is 4. The average molecular weight is 1990 g/mol. The Hall–Kier alpha value is -17.8. The van der Waals surface area contributed by atoms with E-state index in [4.69, 9.17) is 35.6 Å². The van der Waals surface area contributed by atoms with E-state index in [0.29, 0.717) is 56.8 Å². The summed E-state index contributed by atoms with van der Waals surface area (Å²) in [5, 5.41) is 107. The number of halogens is 10. The highest BCUT2D eigenvalue weighted by atomic mass is 19.4. The number of nitro groups is 5. The second-order valence-corrected chi connectivity index (χ2v) is 28.8. The average Bonchev–Trinajstić information content (AvgIpc) is 0.800. The number of ketones is 2. The molecule has 0 amide bonds. The Morgan fingerprint density at radius 1 is 0.444 bits per heavy atom. The molecule has 51 heteroatoms. The fourth-order valence-corrected chi connectivity index (χ4v) is 11.2. The van der Waals surface area contributed by atoms with Gasteiger partial charge in [0.2, 0.25) is 5.75 Å². The number of aromatic nitrogens is 11. The minimum atomic E-state index is -5.14. The monoisotopic (exact) mass is 1990 g/mol. The molecule has 0 aliphatic rings. The summed E-state index contributed by atoms with van der Waals surface area (Å²) in [6, 6.07) is 27.6. The zero-order valence-electron chi connectivity index (χ0n) is 76.9. The van der Waals surface area contributed by atoms with Gasteiger partial charge in [-0.15, -0.1) is 26.3 Å². The third-order valence-corrected chi connectivity index (χ3v) is 18.3. The van der Waals surface area contributed by atoms with Gasteiger partial charge in [-0.2, -0.15) is 9.46 Å². The number of aliphatic hydroxyl groups is 2. The van der Waals surface area contributed by atoms with Gasteiger partial charge < -0.3 is 55.5 Å². The molecule has 13 rings (SSSR count). The number of carboxylic acids is 1. The van der Waals surface area contributed by atoms with Crippen LogP contribution < -0.4 is 34.1 Å². The van der Waals surface area contributed by atoms with Crippen molar-refractivity contribution in [1.29, 1.82) is 0 Å². The van der Waals surface area contributed by atoms with Crippen molar-refractivity contribution in [3.8, 4) is 28.7 Å². The number of hydrogen-bond donors (Lipinski definition) is 5. The van der Waals surface area contributed by atoms with E-state index in [1.165, 1.54) is 120 Å². The number of Topliss-reactive ketones (excluding diaryl/α,β-unsaturated/α-hetero) is 2. The first-order valence-corrected chi connectivity index (χ1v) is 40.1. The summed E-state index contributed by atoms with van der Waals surface area (Å²) >= 11 is 0. The van der Waals surface area contributed by atoms with Gasteiger partial charge >= 0.3 is 24.4 Å². The van der Waals surface area contributed by atoms with Crippen LogP contribution in [0.3, 0.4) is 0 Å². The number of aromatic carboxylic acids is 1. The van der Waals surface area contributed by atoms with Crippen LogP contribution in [0, 0.1) is 153 Å². The van der Waals surface area contributed by atoms with Gasteiger partial charge in [0.15, 0.2) is 76.2 Å². The molecule has 0 aliphatic carbocycles. The van der Waals surface area contributed by atoms with E-state index < -0.39 is 120 Å². The molecule has 0 aliphatic heterocycles. The number of aldehydes is 1. The second-order valence-electron chi connectivity index (χ2n) is 28.8. The number of hydrogen-bond acceptors (Lipinski definition) is 33. The molecule has 13 aromatic rings. The fraction of sp³-hybridized carbons (Fsp3) is 0.220. The number of pyridine rings is 11. The molecule has 0 radical (unpaired) electrons. The Kier molecular flexibility index (Phi) is 45.5. The Labute approximate surface area is 798 Å². The number of methoxy groups -OCH3 is 2. The number of ether oxygens (including phenoxy) is 4. The molecular weight excluding hydrogens is 1910 g/mol. The van der Waals surface area contributed by atoms with Crippen LogP contribution in [0.2, 0.25) is 0 Å². The van der Waals surface area contributed by atoms with Crippen molar-refractivity contribution in [2.24, 2.45) is 0 Å². The van der Waals surface area contributed by atoms with Gasteiger partial charge in [-0.05, 0) is 151 Å². The highest BCUT2D eigenvalue weighted by Gasteiger charge is 2.36. The third-order valence-electron chi connectivity index (χ3n) is 18.3. The Bertz CT molecular complexity index is 6500. The normalized spacial score (nSPS) is 10.7. The van der Waals surface area contributed by atoms with Gasteiger partial charge in [-0.1, -0.05) is 18.2 Å². The summed E-state index contributed by atoms with van der Waals surface area (Å²) in [5.74, 6) is -11.3. The van der Waals surface area contributed by atoms with Crippen LogP contribution in [0.25, 0.3) is 0 Å². The molecular formula is C91H87F10N17O24. The number of aromatic hydroxyl groups is 1. The molecule has 142 heavy (non-hydrogen) atoms. The van der Waals surface area contributed by atoms with E-state index in [0.717, 1.165) is 95.3 Å². The largest absolute Gasteiger partial charge is 0.619 e. The molecule has 2 atom stereocenters. The van der Waals surface area contributed by atoms with E-state index in [2.05, 4.69) is 60.4 Å². The number of carboxylic acid groups (broad SMARTS) is 1. The topological polar surface area (TPSA) is 598 Å². The van der Waals surface area contributed by atoms with E-state index >= 15 is 0 Å². The van der Waals surface area contributed by atoms with Crippen LogP contribution in [-0.2, 0) is 6.61 Å². The van der Waals surface area contributed by atoms with Gasteiger partial charge in [0, 0.05) is 147 Å². The van der Waals surface area contributed by atoms with Gasteiger partial charge in [0.25, 0.3) is 22.7 Å². The lowest BCUT2D eigenvalue weighted by atomic mass is 9.89. The maximum Gasteiger partial charge on any atom is 0.573 e. The highest BCUT2D eigenvalue weighted by molar-refractivity contribution is 5.96. The number of rotatable bonds is 22. The zero-order valence-corrected chi connectivity index (χ0v) is 76.9. The molecule has 0 spiro atoms. The van der Waals surface area contributed by atoms with Crippen molar-refractivity contribution in [3.05, 3.63) is 393 Å². The molecule has 0 saturated carbocycles. The van der Waals surface area contributed by atoms with Crippen LogP contribution in [-0.4, -0.2) is 148 Å². The number of nitrogens with two attached hydrogens (primary N) is 1. The first kappa shape index (κ1) is 117. The van der Waals surface area contributed by atoms with Crippen molar-refractivity contribution in [2.75, 3.05) is 27.1 Å². The van der Waals surface area contributed by atoms with Gasteiger partial charge in [-0.25, -0.2) is 37.3 Å². The first-order valence-electron chi connectivity index (χ1n) is 40.1. The number of aliphatic hydroxyl groups excluding tert-OH is 2. The minimum Gasteiger partial charge on any atom is -0.619 e. The summed E-state index contributed by atoms with van der Waals surface area (Å²) in [5.41, 5.74) is 11.1. The van der Waals surface area contributed by atoms with Crippen molar-refractivity contribution in [1.82, 2.24) is 44.9 Å². The van der Waals surface area contributed by atoms with Crippen molar-refractivity contribution >= 4 is 57.9 Å². The zero-order chi connectivity index (χ0) is 107. The third kappa shape index (κ3) is 37.7. The lowest BCUT2D eigenvalue weighted by molar-refractivity contribution is -0.613. The van der Waals surface area contributed by atoms with Crippen molar-refractivity contribution < 1.29 is 137 Å². The number of aryl methyl sites for hydroxylation is 10. The van der Waals surface area contributed by atoms with Crippen LogP contribution in [0.15, 0.2) is 202 Å². The second kappa shape index (κ2) is 55.4. The lowest BCUT2D eigenvalue weighted by Crippen LogP contribution is -2.29. The summed E-state index contributed by atoms with van der Waals surface area (Å²) < 4.78 is 151. The molecule has 0 unspecified atom stereocenters. The minimum absolute atomic E-state index is 0.00551. The standard InChI is InChI=1S/C21H14F5N3O5.C21H16F5N3O3.C7H6N2O4.2C7H8N2O3.C7H6N2O3.C7H9NO.C7H9N.C6H7NO.CH4O/c1-33-19-10-28-15(9-16(19)29(31)32)17(30)8-12(20-13(22)3-2-6-27-20)11-4-5-18(14(23)7-11)34-21(24,25)26;1-31-19-10-29-16(9-15(19)27)17(30)8-12(20-13(22)3-2-6-28-20)11-4-5-18(14(23)7-11)32-21(24,25)26;1-4-3-8-5(7(10)11)2-6(4)9(12)13;1-5-4-8(10)6(2)3-7(5)9(11)12;2*1-5-3-8-6(4-10)2-7(5)9(11)12;1-6-3-4-7(2)8(9)5-6;1-6-3-4-7(2)8-5-6;1-5-2-3-6(8)4-7-5;1-2/h2-7,9-10,12H,8H2,1H3;2-7,9-10,12H,8H2,1H3,(H2,27,29);2-3H,1H3,(H,10,11);3-4H,1-2H3;2-3,10H,4H2,1H3;2-4H,1H3;3-5H,1-2H3;3-5H,1-2H3;2-4,8H,1H3;2H,1H3/t2*12-;;;;;;;;/m00......../s1. The van der Waals surface area contributed by atoms with Gasteiger partial charge in [-0.3, -0.25) is 94.9 Å². The van der Waals surface area contributed by atoms with E-state index in [1.54, 1.807) is 39.1 Å². The number of carbonyl (C=O) groups excluding carboxylic acids is 3. The van der Waals surface area contributed by atoms with Crippen LogP contribution in [0.4, 0.5) is 78.0 Å². The Balaban J connectivity index is 0.000000352. The van der Waals surface area contributed by atoms with E-state index in [9.17, 15) is 124 Å². The maximum absolute atomic E-state index is 14.5. The number of benzene rings is 2. The molecule has 0 saturated heterocycles. The van der Waals surface area contributed by atoms with E-state index in [-0.39, 0.29) is 97.6 Å². The van der Waals surface area contributed by atoms with Crippen molar-refractivity contribution in [2.45, 2.75) is 113 Å². The number of nitrogen functional groups attached to an aromatic ring is 1. The molecule has 6 N–H and O–H groups in total. The lowest BCUT2D eigenvalue weighted by Gasteiger charge is -2.18. The first-order chi connectivity index (χ1) is 66.7. The number of alkyl halides is 6. The summed E-state index contributed by atoms with van der Waals surface area (Å²) in [7, 11) is 3.54. The molecule has 11 aromatic heterocycles. The fourth-order valence-electron chi connectivity index (χ4n) is 11.2. The highest BCUT2D eigenvalue weighted by Crippen LogP contribution is 2.38.